The Morgan fingerprint density at radius 3 is 2.70 bits per heavy atom. The Balaban J connectivity index is 1.91. The molecule has 27 heavy (non-hydrogen) atoms. The van der Waals surface area contributed by atoms with Gasteiger partial charge in [-0.25, -0.2) is 9.67 Å². The second kappa shape index (κ2) is 9.15. The fraction of sp³-hybridized carbons (Fsp3) is 0.412. The van der Waals surface area contributed by atoms with Crippen LogP contribution in [0.3, 0.4) is 0 Å². The van der Waals surface area contributed by atoms with Crippen molar-refractivity contribution in [3.63, 3.8) is 0 Å². The molecular weight excluding hydrogens is 363 g/mol. The second-order valence-corrected chi connectivity index (χ2v) is 5.71. The Labute approximate surface area is 153 Å². The molecular formula is C17H20F3N5O2. The van der Waals surface area contributed by atoms with Crippen LogP contribution in [0, 0.1) is 0 Å². The number of amides is 1. The SMILES string of the molecule is CCCCn1nc(C(=O)NCCNc2ncccc2C(F)(F)F)ccc1=O. The normalized spacial score (nSPS) is 11.3. The van der Waals surface area contributed by atoms with Gasteiger partial charge in [0.15, 0.2) is 0 Å². The van der Waals surface area contributed by atoms with Gasteiger partial charge in [0.05, 0.1) is 5.56 Å². The number of halogens is 3. The molecule has 0 unspecified atom stereocenters. The molecule has 0 saturated carbocycles. The number of aryl methyl sites for hydroxylation is 1. The highest BCUT2D eigenvalue weighted by Gasteiger charge is 2.33. The summed E-state index contributed by atoms with van der Waals surface area (Å²) in [5.41, 5.74) is -1.10. The van der Waals surface area contributed by atoms with Gasteiger partial charge in [-0.15, -0.1) is 0 Å². The van der Waals surface area contributed by atoms with Crippen LogP contribution in [-0.2, 0) is 12.7 Å². The molecule has 7 nitrogen and oxygen atoms in total. The molecule has 2 aromatic rings. The van der Waals surface area contributed by atoms with E-state index in [-0.39, 0.29) is 30.2 Å². The average molecular weight is 383 g/mol. The van der Waals surface area contributed by atoms with Crippen LogP contribution in [0.2, 0.25) is 0 Å². The average Bonchev–Trinajstić information content (AvgIpc) is 2.64. The molecule has 0 atom stereocenters. The first kappa shape index (κ1) is 20.4. The molecule has 0 fully saturated rings. The van der Waals surface area contributed by atoms with E-state index in [4.69, 9.17) is 0 Å². The van der Waals surface area contributed by atoms with Crippen LogP contribution < -0.4 is 16.2 Å². The molecule has 0 bridgehead atoms. The molecule has 0 aromatic carbocycles. The molecule has 10 heteroatoms. The van der Waals surface area contributed by atoms with Crippen molar-refractivity contribution in [3.05, 3.63) is 52.1 Å². The summed E-state index contributed by atoms with van der Waals surface area (Å²) in [5, 5.41) is 9.10. The Morgan fingerprint density at radius 2 is 2.00 bits per heavy atom. The minimum Gasteiger partial charge on any atom is -0.368 e. The lowest BCUT2D eigenvalue weighted by molar-refractivity contribution is -0.137. The number of alkyl halides is 3. The van der Waals surface area contributed by atoms with Gasteiger partial charge >= 0.3 is 6.18 Å². The summed E-state index contributed by atoms with van der Waals surface area (Å²) in [5.74, 6) is -0.815. The van der Waals surface area contributed by atoms with E-state index < -0.39 is 17.6 Å². The van der Waals surface area contributed by atoms with Crippen molar-refractivity contribution in [3.8, 4) is 0 Å². The Hall–Kier alpha value is -2.91. The third-order valence-corrected chi connectivity index (χ3v) is 3.64. The highest BCUT2D eigenvalue weighted by molar-refractivity contribution is 5.91. The number of hydrogen-bond donors (Lipinski definition) is 2. The summed E-state index contributed by atoms with van der Waals surface area (Å²) in [7, 11) is 0. The first-order valence-corrected chi connectivity index (χ1v) is 8.45. The van der Waals surface area contributed by atoms with E-state index in [2.05, 4.69) is 20.7 Å². The van der Waals surface area contributed by atoms with E-state index in [1.807, 2.05) is 6.92 Å². The monoisotopic (exact) mass is 383 g/mol. The number of hydrogen-bond acceptors (Lipinski definition) is 5. The molecule has 0 aliphatic heterocycles. The maximum Gasteiger partial charge on any atom is 0.419 e. The fourth-order valence-electron chi connectivity index (χ4n) is 2.26. The zero-order valence-electron chi connectivity index (χ0n) is 14.7. The van der Waals surface area contributed by atoms with Crippen molar-refractivity contribution >= 4 is 11.7 Å². The van der Waals surface area contributed by atoms with Gasteiger partial charge in [-0.3, -0.25) is 9.59 Å². The van der Waals surface area contributed by atoms with Crippen molar-refractivity contribution in [1.29, 1.82) is 0 Å². The summed E-state index contributed by atoms with van der Waals surface area (Å²) in [6, 6.07) is 4.71. The molecule has 2 aromatic heterocycles. The van der Waals surface area contributed by atoms with Crippen molar-refractivity contribution in [2.45, 2.75) is 32.5 Å². The van der Waals surface area contributed by atoms with Gasteiger partial charge < -0.3 is 10.6 Å². The number of nitrogens with zero attached hydrogens (tertiary/aromatic N) is 3. The topological polar surface area (TPSA) is 88.9 Å². The maximum absolute atomic E-state index is 12.9. The smallest absolute Gasteiger partial charge is 0.368 e. The Kier molecular flexibility index (Phi) is 6.91. The quantitative estimate of drug-likeness (QED) is 0.683. The molecule has 146 valence electrons. The van der Waals surface area contributed by atoms with Gasteiger partial charge in [0.25, 0.3) is 11.5 Å². The lowest BCUT2D eigenvalue weighted by Crippen LogP contribution is -2.32. The Morgan fingerprint density at radius 1 is 1.22 bits per heavy atom. The summed E-state index contributed by atoms with van der Waals surface area (Å²) >= 11 is 0. The molecule has 2 heterocycles. The van der Waals surface area contributed by atoms with Crippen molar-refractivity contribution < 1.29 is 18.0 Å². The van der Waals surface area contributed by atoms with Gasteiger partial charge in [-0.1, -0.05) is 13.3 Å². The number of pyridine rings is 1. The van der Waals surface area contributed by atoms with Crippen LogP contribution >= 0.6 is 0 Å². The van der Waals surface area contributed by atoms with E-state index in [1.54, 1.807) is 0 Å². The number of rotatable bonds is 8. The summed E-state index contributed by atoms with van der Waals surface area (Å²) in [4.78, 5) is 27.5. The predicted molar refractivity (Wildman–Crippen MR) is 93.5 cm³/mol. The number of anilines is 1. The first-order valence-electron chi connectivity index (χ1n) is 8.45. The molecule has 0 aliphatic rings. The van der Waals surface area contributed by atoms with Gasteiger partial charge in [-0.2, -0.15) is 18.3 Å². The minimum atomic E-state index is -4.52. The predicted octanol–water partition coefficient (Wildman–Crippen LogP) is 2.30. The Bertz CT molecular complexity index is 836. The summed E-state index contributed by atoms with van der Waals surface area (Å²) in [6.45, 7) is 2.49. The molecule has 2 rings (SSSR count). The van der Waals surface area contributed by atoms with Gasteiger partial charge in [0.2, 0.25) is 0 Å². The maximum atomic E-state index is 12.9. The number of carbonyl (C=O) groups is 1. The van der Waals surface area contributed by atoms with E-state index >= 15 is 0 Å². The van der Waals surface area contributed by atoms with Gasteiger partial charge in [0, 0.05) is 31.9 Å². The van der Waals surface area contributed by atoms with Crippen LogP contribution in [0.5, 0.6) is 0 Å². The van der Waals surface area contributed by atoms with E-state index in [9.17, 15) is 22.8 Å². The molecule has 0 aliphatic carbocycles. The van der Waals surface area contributed by atoms with Crippen LogP contribution in [0.4, 0.5) is 19.0 Å². The van der Waals surface area contributed by atoms with Gasteiger partial charge in [0.1, 0.15) is 11.5 Å². The first-order chi connectivity index (χ1) is 12.8. The molecule has 2 N–H and O–H groups in total. The van der Waals surface area contributed by atoms with Crippen molar-refractivity contribution in [1.82, 2.24) is 20.1 Å². The number of nitrogens with one attached hydrogen (secondary N) is 2. The van der Waals surface area contributed by atoms with Crippen LogP contribution in [0.25, 0.3) is 0 Å². The third kappa shape index (κ3) is 5.80. The number of unbranched alkanes of at least 4 members (excludes halogenated alkanes) is 1. The van der Waals surface area contributed by atoms with Crippen molar-refractivity contribution in [2.24, 2.45) is 0 Å². The fourth-order valence-corrected chi connectivity index (χ4v) is 2.26. The van der Waals surface area contributed by atoms with Crippen LogP contribution in [0.15, 0.2) is 35.3 Å². The lowest BCUT2D eigenvalue weighted by Gasteiger charge is -2.13. The van der Waals surface area contributed by atoms with E-state index in [0.717, 1.165) is 18.9 Å². The van der Waals surface area contributed by atoms with Crippen LogP contribution in [0.1, 0.15) is 35.8 Å². The largest absolute Gasteiger partial charge is 0.419 e. The lowest BCUT2D eigenvalue weighted by atomic mass is 10.2. The molecule has 0 radical (unpaired) electrons. The molecule has 0 saturated heterocycles. The third-order valence-electron chi connectivity index (χ3n) is 3.64. The summed E-state index contributed by atoms with van der Waals surface area (Å²) in [6.07, 6.45) is -1.63. The zero-order valence-corrected chi connectivity index (χ0v) is 14.7. The van der Waals surface area contributed by atoms with E-state index in [1.165, 1.54) is 29.1 Å². The summed E-state index contributed by atoms with van der Waals surface area (Å²) < 4.78 is 39.9. The minimum absolute atomic E-state index is 0.0430. The zero-order chi connectivity index (χ0) is 19.9. The number of aromatic nitrogens is 3. The molecule has 1 amide bonds. The highest BCUT2D eigenvalue weighted by atomic mass is 19.4. The second-order valence-electron chi connectivity index (χ2n) is 5.71. The van der Waals surface area contributed by atoms with E-state index in [0.29, 0.717) is 6.54 Å². The molecule has 0 spiro atoms. The number of carbonyl (C=O) groups excluding carboxylic acids is 1. The van der Waals surface area contributed by atoms with Crippen LogP contribution in [-0.4, -0.2) is 33.8 Å². The standard InChI is InChI=1S/C17H20F3N5O2/c1-2-3-11-25-14(26)7-6-13(24-25)16(27)23-10-9-22-15-12(17(18,19)20)5-4-8-21-15/h4-8H,2-3,9-11H2,1H3,(H,21,22)(H,23,27). The van der Waals surface area contributed by atoms with Gasteiger partial charge in [-0.05, 0) is 24.6 Å². The highest BCUT2D eigenvalue weighted by Crippen LogP contribution is 2.33. The van der Waals surface area contributed by atoms with Crippen molar-refractivity contribution in [2.75, 3.05) is 18.4 Å².